The molecule has 2 rings (SSSR count). The van der Waals surface area contributed by atoms with Crippen LogP contribution in [0.3, 0.4) is 0 Å². The lowest BCUT2D eigenvalue weighted by Gasteiger charge is -2.29. The van der Waals surface area contributed by atoms with Crippen LogP contribution >= 0.6 is 22.6 Å². The molecule has 1 aliphatic rings. The van der Waals surface area contributed by atoms with Crippen LogP contribution < -0.4 is 0 Å². The average molecular weight is 392 g/mol. The van der Waals surface area contributed by atoms with Crippen molar-refractivity contribution in [3.63, 3.8) is 0 Å². The predicted molar refractivity (Wildman–Crippen MR) is 87.9 cm³/mol. The quantitative estimate of drug-likeness (QED) is 0.308. The lowest BCUT2D eigenvalue weighted by atomic mass is 9.77. The van der Waals surface area contributed by atoms with Crippen molar-refractivity contribution < 1.29 is 8.78 Å². The zero-order valence-corrected chi connectivity index (χ0v) is 14.3. The van der Waals surface area contributed by atoms with Gasteiger partial charge in [-0.05, 0) is 77.8 Å². The second-order valence-corrected chi connectivity index (χ2v) is 7.09. The van der Waals surface area contributed by atoms with Crippen molar-refractivity contribution in [3.8, 4) is 0 Å². The van der Waals surface area contributed by atoms with Crippen LogP contribution in [-0.2, 0) is 0 Å². The van der Waals surface area contributed by atoms with E-state index in [9.17, 15) is 8.78 Å². The van der Waals surface area contributed by atoms with E-state index in [0.29, 0.717) is 5.92 Å². The monoisotopic (exact) mass is 392 g/mol. The van der Waals surface area contributed by atoms with Crippen LogP contribution in [0.15, 0.2) is 12.1 Å². The third-order valence-corrected chi connectivity index (χ3v) is 5.57. The fourth-order valence-corrected chi connectivity index (χ4v) is 3.59. The van der Waals surface area contributed by atoms with E-state index in [1.54, 1.807) is 22.6 Å². The Morgan fingerprint density at radius 2 is 1.65 bits per heavy atom. The molecule has 20 heavy (non-hydrogen) atoms. The van der Waals surface area contributed by atoms with Gasteiger partial charge in [-0.15, -0.1) is 0 Å². The minimum absolute atomic E-state index is 0.111. The highest BCUT2D eigenvalue weighted by Crippen LogP contribution is 2.38. The summed E-state index contributed by atoms with van der Waals surface area (Å²) in [5.41, 5.74) is 0.854. The zero-order chi connectivity index (χ0) is 14.5. The van der Waals surface area contributed by atoms with Gasteiger partial charge in [0, 0.05) is 0 Å². The van der Waals surface area contributed by atoms with Gasteiger partial charge in [0.25, 0.3) is 0 Å². The van der Waals surface area contributed by atoms with E-state index in [2.05, 4.69) is 6.92 Å². The van der Waals surface area contributed by atoms with E-state index in [1.807, 2.05) is 0 Å². The number of rotatable bonds is 5. The molecule has 0 aliphatic heterocycles. The minimum atomic E-state index is -0.411. The molecule has 0 spiro atoms. The van der Waals surface area contributed by atoms with Gasteiger partial charge in [-0.2, -0.15) is 0 Å². The Kier molecular flexibility index (Phi) is 6.24. The molecule has 0 N–H and O–H groups in total. The largest absolute Gasteiger partial charge is 0.206 e. The second-order valence-electron chi connectivity index (χ2n) is 6.01. The van der Waals surface area contributed by atoms with Gasteiger partial charge in [-0.3, -0.25) is 0 Å². The van der Waals surface area contributed by atoms with Crippen molar-refractivity contribution in [2.45, 2.75) is 64.2 Å². The van der Waals surface area contributed by atoms with Gasteiger partial charge < -0.3 is 0 Å². The third kappa shape index (κ3) is 4.15. The van der Waals surface area contributed by atoms with E-state index in [-0.39, 0.29) is 3.57 Å². The molecular weight excluding hydrogens is 369 g/mol. The van der Waals surface area contributed by atoms with E-state index in [4.69, 9.17) is 0 Å². The Hall–Kier alpha value is -0.190. The molecule has 0 unspecified atom stereocenters. The first kappa shape index (κ1) is 16.2. The molecule has 0 radical (unpaired) electrons. The fourth-order valence-electron chi connectivity index (χ4n) is 3.28. The maximum atomic E-state index is 13.6. The molecule has 0 bridgehead atoms. The van der Waals surface area contributed by atoms with E-state index < -0.39 is 11.6 Å². The highest BCUT2D eigenvalue weighted by Gasteiger charge is 2.23. The molecule has 0 atom stereocenters. The zero-order valence-electron chi connectivity index (χ0n) is 12.1. The molecule has 3 heteroatoms. The number of unbranched alkanes of at least 4 members (excludes halogenated alkanes) is 2. The van der Waals surface area contributed by atoms with Crippen molar-refractivity contribution in [2.24, 2.45) is 5.92 Å². The Bertz CT molecular complexity index is 414. The highest BCUT2D eigenvalue weighted by atomic mass is 127. The second kappa shape index (κ2) is 7.71. The van der Waals surface area contributed by atoms with Gasteiger partial charge in [0.1, 0.15) is 11.6 Å². The summed E-state index contributed by atoms with van der Waals surface area (Å²) < 4.78 is 27.4. The lowest BCUT2D eigenvalue weighted by Crippen LogP contribution is -2.14. The third-order valence-electron chi connectivity index (χ3n) is 4.54. The Morgan fingerprint density at radius 1 is 1.05 bits per heavy atom. The van der Waals surface area contributed by atoms with Gasteiger partial charge in [-0.1, -0.05) is 32.6 Å². The van der Waals surface area contributed by atoms with Crippen LogP contribution in [0.4, 0.5) is 8.78 Å². The highest BCUT2D eigenvalue weighted by molar-refractivity contribution is 14.1. The summed E-state index contributed by atoms with van der Waals surface area (Å²) in [7, 11) is 0. The number of hydrogen-bond acceptors (Lipinski definition) is 0. The molecule has 0 aromatic heterocycles. The summed E-state index contributed by atoms with van der Waals surface area (Å²) in [4.78, 5) is 0. The molecule has 1 aromatic carbocycles. The molecule has 0 amide bonds. The van der Waals surface area contributed by atoms with Crippen LogP contribution in [0, 0.1) is 21.1 Å². The normalized spacial score (nSPS) is 23.0. The minimum Gasteiger partial charge on any atom is -0.206 e. The molecule has 0 heterocycles. The van der Waals surface area contributed by atoms with E-state index in [1.165, 1.54) is 50.7 Å². The van der Waals surface area contributed by atoms with Crippen LogP contribution in [0.25, 0.3) is 0 Å². The van der Waals surface area contributed by atoms with Crippen molar-refractivity contribution in [3.05, 3.63) is 32.9 Å². The number of halogens is 3. The SMILES string of the molecule is CCCCCC1CCC(c2cc(F)c(I)c(F)c2)CC1. The number of hydrogen-bond donors (Lipinski definition) is 0. The van der Waals surface area contributed by atoms with Crippen molar-refractivity contribution in [2.75, 3.05) is 0 Å². The first-order chi connectivity index (χ1) is 9.61. The number of benzene rings is 1. The van der Waals surface area contributed by atoms with Gasteiger partial charge in [0.2, 0.25) is 0 Å². The van der Waals surface area contributed by atoms with Crippen molar-refractivity contribution in [1.82, 2.24) is 0 Å². The van der Waals surface area contributed by atoms with E-state index >= 15 is 0 Å². The Labute approximate surface area is 134 Å². The summed E-state index contributed by atoms with van der Waals surface area (Å²) >= 11 is 1.73. The predicted octanol–water partition coefficient (Wildman–Crippen LogP) is 6.42. The average Bonchev–Trinajstić information content (AvgIpc) is 2.45. The molecule has 1 fully saturated rings. The lowest BCUT2D eigenvalue weighted by molar-refractivity contribution is 0.302. The van der Waals surface area contributed by atoms with Gasteiger partial charge in [0.15, 0.2) is 0 Å². The molecule has 112 valence electrons. The van der Waals surface area contributed by atoms with Gasteiger partial charge >= 0.3 is 0 Å². The summed E-state index contributed by atoms with van der Waals surface area (Å²) in [5.74, 6) is 0.353. The van der Waals surface area contributed by atoms with Gasteiger partial charge in [-0.25, -0.2) is 8.78 Å². The van der Waals surface area contributed by atoms with Crippen molar-refractivity contribution >= 4 is 22.6 Å². The fraction of sp³-hybridized carbons (Fsp3) is 0.647. The first-order valence-electron chi connectivity index (χ1n) is 7.76. The standard InChI is InChI=1S/C17H23F2I/c1-2-3-4-5-12-6-8-13(9-7-12)14-10-15(18)17(20)16(19)11-14/h10-13H,2-9H2,1H3. The molecule has 0 nitrogen and oxygen atoms in total. The maximum Gasteiger partial charge on any atom is 0.139 e. The molecule has 1 aliphatic carbocycles. The molecule has 1 aromatic rings. The van der Waals surface area contributed by atoms with Crippen LogP contribution in [0.1, 0.15) is 69.8 Å². The summed E-state index contributed by atoms with van der Waals surface area (Å²) in [6.45, 7) is 2.23. The van der Waals surface area contributed by atoms with Crippen molar-refractivity contribution in [1.29, 1.82) is 0 Å². The molecule has 0 saturated heterocycles. The Balaban J connectivity index is 1.90. The smallest absolute Gasteiger partial charge is 0.139 e. The summed E-state index contributed by atoms with van der Waals surface area (Å²) in [6.07, 6.45) is 9.85. The maximum absolute atomic E-state index is 13.6. The van der Waals surface area contributed by atoms with Gasteiger partial charge in [0.05, 0.1) is 3.57 Å². The topological polar surface area (TPSA) is 0 Å². The molecular formula is C17H23F2I. The van der Waals surface area contributed by atoms with Crippen LogP contribution in [0.2, 0.25) is 0 Å². The Morgan fingerprint density at radius 3 is 2.20 bits per heavy atom. The summed E-state index contributed by atoms with van der Waals surface area (Å²) in [6, 6.07) is 3.07. The molecule has 1 saturated carbocycles. The van der Waals surface area contributed by atoms with Crippen LogP contribution in [0.5, 0.6) is 0 Å². The van der Waals surface area contributed by atoms with E-state index in [0.717, 1.165) is 24.3 Å². The first-order valence-corrected chi connectivity index (χ1v) is 8.84. The summed E-state index contributed by atoms with van der Waals surface area (Å²) in [5, 5.41) is 0. The van der Waals surface area contributed by atoms with Crippen LogP contribution in [-0.4, -0.2) is 0 Å².